The van der Waals surface area contributed by atoms with E-state index in [1.165, 1.54) is 5.56 Å². The van der Waals surface area contributed by atoms with Gasteiger partial charge in [-0.25, -0.2) is 4.98 Å². The summed E-state index contributed by atoms with van der Waals surface area (Å²) < 4.78 is 0. The number of ketones is 1. The van der Waals surface area contributed by atoms with Crippen molar-refractivity contribution < 1.29 is 4.79 Å². The summed E-state index contributed by atoms with van der Waals surface area (Å²) in [6, 6.07) is 16.1. The summed E-state index contributed by atoms with van der Waals surface area (Å²) in [6.07, 6.45) is 1.30. The van der Waals surface area contributed by atoms with Gasteiger partial charge in [-0.05, 0) is 49.9 Å². The molecule has 0 aliphatic heterocycles. The van der Waals surface area contributed by atoms with E-state index in [0.717, 1.165) is 29.1 Å². The fraction of sp³-hybridized carbons (Fsp3) is 0.261. The van der Waals surface area contributed by atoms with Gasteiger partial charge in [0.05, 0.1) is 11.3 Å². The van der Waals surface area contributed by atoms with E-state index in [-0.39, 0.29) is 11.7 Å². The lowest BCUT2D eigenvalue weighted by Gasteiger charge is -2.23. The van der Waals surface area contributed by atoms with Crippen molar-refractivity contribution in [1.82, 2.24) is 9.97 Å². The Morgan fingerprint density at radius 1 is 0.929 bits per heavy atom. The molecular weight excluding hydrogens is 348 g/mol. The number of hydrogen-bond donors (Lipinski definition) is 2. The highest BCUT2D eigenvalue weighted by atomic mass is 16.1. The molecule has 5 nitrogen and oxygen atoms in total. The zero-order valence-electron chi connectivity index (χ0n) is 16.4. The molecule has 4 rings (SSSR count). The minimum absolute atomic E-state index is 0.103. The normalized spacial score (nSPS) is 15.8. The van der Waals surface area contributed by atoms with E-state index in [1.54, 1.807) is 0 Å². The van der Waals surface area contributed by atoms with Gasteiger partial charge in [0, 0.05) is 17.8 Å². The first-order valence-electron chi connectivity index (χ1n) is 9.60. The van der Waals surface area contributed by atoms with Crippen LogP contribution in [-0.2, 0) is 6.42 Å². The number of nitrogens with zero attached hydrogens (tertiary/aromatic N) is 2. The van der Waals surface area contributed by atoms with Crippen LogP contribution in [0, 0.1) is 19.8 Å². The predicted molar refractivity (Wildman–Crippen MR) is 113 cm³/mol. The minimum atomic E-state index is 0.103. The van der Waals surface area contributed by atoms with Crippen LogP contribution >= 0.6 is 0 Å². The van der Waals surface area contributed by atoms with Gasteiger partial charge in [-0.2, -0.15) is 4.98 Å². The summed E-state index contributed by atoms with van der Waals surface area (Å²) in [5.41, 5.74) is 5.58. The van der Waals surface area contributed by atoms with Gasteiger partial charge < -0.3 is 10.6 Å². The standard InChI is InChI=1S/C23H24N4O/c1-14-8-10-17(11-9-14)24-23-26-19-12-15(2)13-20(28)21(19)22(27-23)25-18-7-5-4-6-16(18)3/h4-11,15H,12-13H2,1-3H3,(H2,24,25,26,27). The van der Waals surface area contributed by atoms with Crippen LogP contribution in [0.15, 0.2) is 48.5 Å². The third kappa shape index (κ3) is 3.74. The molecule has 1 aliphatic carbocycles. The maximum atomic E-state index is 12.8. The van der Waals surface area contributed by atoms with Crippen molar-refractivity contribution in [2.75, 3.05) is 10.6 Å². The van der Waals surface area contributed by atoms with Crippen LogP contribution in [0.5, 0.6) is 0 Å². The number of benzene rings is 2. The van der Waals surface area contributed by atoms with E-state index in [9.17, 15) is 4.79 Å². The molecule has 5 heteroatoms. The zero-order valence-corrected chi connectivity index (χ0v) is 16.4. The quantitative estimate of drug-likeness (QED) is 0.646. The molecule has 0 fully saturated rings. The fourth-order valence-corrected chi connectivity index (χ4v) is 3.52. The van der Waals surface area contributed by atoms with Crippen molar-refractivity contribution in [3.05, 3.63) is 70.9 Å². The number of hydrogen-bond acceptors (Lipinski definition) is 5. The van der Waals surface area contributed by atoms with E-state index in [2.05, 4.69) is 34.4 Å². The average molecular weight is 372 g/mol. The topological polar surface area (TPSA) is 66.9 Å². The van der Waals surface area contributed by atoms with Gasteiger partial charge in [-0.1, -0.05) is 42.8 Å². The maximum absolute atomic E-state index is 12.8. The molecule has 2 N–H and O–H groups in total. The summed E-state index contributed by atoms with van der Waals surface area (Å²) in [5.74, 6) is 1.46. The lowest BCUT2D eigenvalue weighted by Crippen LogP contribution is -2.22. The molecule has 28 heavy (non-hydrogen) atoms. The molecule has 0 spiro atoms. The maximum Gasteiger partial charge on any atom is 0.229 e. The van der Waals surface area contributed by atoms with Gasteiger partial charge in [-0.15, -0.1) is 0 Å². The van der Waals surface area contributed by atoms with Gasteiger partial charge >= 0.3 is 0 Å². The number of rotatable bonds is 4. The Morgan fingerprint density at radius 2 is 1.68 bits per heavy atom. The second kappa shape index (κ2) is 7.43. The second-order valence-corrected chi connectivity index (χ2v) is 7.59. The van der Waals surface area contributed by atoms with E-state index in [1.807, 2.05) is 55.5 Å². The fourth-order valence-electron chi connectivity index (χ4n) is 3.52. The van der Waals surface area contributed by atoms with E-state index < -0.39 is 0 Å². The molecule has 0 amide bonds. The van der Waals surface area contributed by atoms with Crippen molar-refractivity contribution >= 4 is 28.9 Å². The number of fused-ring (bicyclic) bond motifs is 1. The van der Waals surface area contributed by atoms with Crippen LogP contribution in [0.25, 0.3) is 0 Å². The van der Waals surface area contributed by atoms with E-state index in [4.69, 9.17) is 0 Å². The lowest BCUT2D eigenvalue weighted by molar-refractivity contribution is 0.0953. The first kappa shape index (κ1) is 18.2. The molecule has 1 unspecified atom stereocenters. The van der Waals surface area contributed by atoms with Crippen LogP contribution in [-0.4, -0.2) is 15.8 Å². The number of aromatic nitrogens is 2. The van der Waals surface area contributed by atoms with Gasteiger partial charge in [0.2, 0.25) is 5.95 Å². The summed E-state index contributed by atoms with van der Waals surface area (Å²) in [7, 11) is 0. The number of anilines is 4. The molecule has 1 aliphatic rings. The van der Waals surface area contributed by atoms with Crippen LogP contribution in [0.4, 0.5) is 23.1 Å². The highest BCUT2D eigenvalue weighted by molar-refractivity contribution is 6.03. The highest BCUT2D eigenvalue weighted by Gasteiger charge is 2.28. The van der Waals surface area contributed by atoms with E-state index in [0.29, 0.717) is 23.8 Å². The smallest absolute Gasteiger partial charge is 0.229 e. The number of Topliss-reactive ketones (excluding diaryl/α,β-unsaturated/α-hetero) is 1. The first-order valence-corrected chi connectivity index (χ1v) is 9.60. The highest BCUT2D eigenvalue weighted by Crippen LogP contribution is 2.32. The Bertz CT molecular complexity index is 1030. The van der Waals surface area contributed by atoms with Crippen molar-refractivity contribution in [3.8, 4) is 0 Å². The summed E-state index contributed by atoms with van der Waals surface area (Å²) in [5, 5.41) is 6.65. The molecule has 142 valence electrons. The Morgan fingerprint density at radius 3 is 2.43 bits per heavy atom. The van der Waals surface area contributed by atoms with Gasteiger partial charge in [-0.3, -0.25) is 4.79 Å². The molecular formula is C23H24N4O. The zero-order chi connectivity index (χ0) is 19.7. The van der Waals surface area contributed by atoms with Gasteiger partial charge in [0.15, 0.2) is 5.78 Å². The van der Waals surface area contributed by atoms with Crippen molar-refractivity contribution in [2.24, 2.45) is 5.92 Å². The monoisotopic (exact) mass is 372 g/mol. The van der Waals surface area contributed by atoms with Crippen LogP contribution in [0.1, 0.15) is 40.5 Å². The third-order valence-electron chi connectivity index (χ3n) is 5.04. The number of aryl methyl sites for hydroxylation is 2. The Kier molecular flexibility index (Phi) is 4.82. The van der Waals surface area contributed by atoms with Crippen molar-refractivity contribution in [3.63, 3.8) is 0 Å². The number of carbonyl (C=O) groups excluding carboxylic acids is 1. The Labute approximate surface area is 165 Å². The molecule has 2 aromatic carbocycles. The minimum Gasteiger partial charge on any atom is -0.339 e. The number of nitrogens with one attached hydrogen (secondary N) is 2. The first-order chi connectivity index (χ1) is 13.5. The SMILES string of the molecule is Cc1ccc(Nc2nc3c(c(Nc4ccccc4C)n2)C(=O)CC(C)C3)cc1. The molecule has 1 heterocycles. The Balaban J connectivity index is 1.76. The Hall–Kier alpha value is -3.21. The summed E-state index contributed by atoms with van der Waals surface area (Å²) in [6.45, 7) is 6.17. The van der Waals surface area contributed by atoms with Gasteiger partial charge in [0.1, 0.15) is 5.82 Å². The molecule has 1 atom stereocenters. The largest absolute Gasteiger partial charge is 0.339 e. The average Bonchev–Trinajstić information content (AvgIpc) is 2.65. The number of para-hydroxylation sites is 1. The van der Waals surface area contributed by atoms with Crippen molar-refractivity contribution in [2.45, 2.75) is 33.6 Å². The van der Waals surface area contributed by atoms with Crippen LogP contribution in [0.2, 0.25) is 0 Å². The predicted octanol–water partition coefficient (Wildman–Crippen LogP) is 5.35. The molecule has 3 aromatic rings. The molecule has 0 saturated carbocycles. The molecule has 0 bridgehead atoms. The third-order valence-corrected chi connectivity index (χ3v) is 5.04. The molecule has 1 aromatic heterocycles. The lowest BCUT2D eigenvalue weighted by atomic mass is 9.87. The van der Waals surface area contributed by atoms with Crippen molar-refractivity contribution in [1.29, 1.82) is 0 Å². The second-order valence-electron chi connectivity index (χ2n) is 7.59. The molecule has 0 radical (unpaired) electrons. The summed E-state index contributed by atoms with van der Waals surface area (Å²) >= 11 is 0. The molecule has 0 saturated heterocycles. The summed E-state index contributed by atoms with van der Waals surface area (Å²) in [4.78, 5) is 22.1. The van der Waals surface area contributed by atoms with Gasteiger partial charge in [0.25, 0.3) is 0 Å². The number of carbonyl (C=O) groups is 1. The van der Waals surface area contributed by atoms with E-state index >= 15 is 0 Å². The van der Waals surface area contributed by atoms with Crippen LogP contribution in [0.3, 0.4) is 0 Å². The van der Waals surface area contributed by atoms with Crippen LogP contribution < -0.4 is 10.6 Å².